The van der Waals surface area contributed by atoms with E-state index in [0.29, 0.717) is 11.8 Å². The van der Waals surface area contributed by atoms with Gasteiger partial charge in [-0.1, -0.05) is 0 Å². The first-order valence-electron chi connectivity index (χ1n) is 7.83. The van der Waals surface area contributed by atoms with E-state index in [2.05, 4.69) is 22.4 Å². The lowest BCUT2D eigenvalue weighted by molar-refractivity contribution is 0.0685. The van der Waals surface area contributed by atoms with E-state index in [0.717, 1.165) is 55.6 Å². The molecule has 2 fully saturated rings. The fraction of sp³-hybridized carbons (Fsp3) is 0.733. The van der Waals surface area contributed by atoms with E-state index in [9.17, 15) is 0 Å². The molecule has 1 saturated carbocycles. The Balaban J connectivity index is 1.79. The Morgan fingerprint density at radius 2 is 1.95 bits per heavy atom. The summed E-state index contributed by atoms with van der Waals surface area (Å²) in [4.78, 5) is 11.6. The molecule has 116 valence electrons. The first kappa shape index (κ1) is 14.5. The van der Waals surface area contributed by atoms with Gasteiger partial charge in [-0.05, 0) is 38.5 Å². The molecule has 1 saturated heterocycles. The van der Waals surface area contributed by atoms with Gasteiger partial charge < -0.3 is 15.1 Å². The number of nitrogens with one attached hydrogen (secondary N) is 1. The van der Waals surface area contributed by atoms with Gasteiger partial charge in [-0.15, -0.1) is 0 Å². The monoisotopic (exact) mass is 291 g/mol. The highest BCUT2D eigenvalue weighted by molar-refractivity contribution is 5.58. The summed E-state index contributed by atoms with van der Waals surface area (Å²) in [6.07, 6.45) is 4.64. The van der Waals surface area contributed by atoms with Crippen molar-refractivity contribution >= 4 is 11.6 Å². The predicted octanol–water partition coefficient (Wildman–Crippen LogP) is 1.81. The molecule has 0 amide bonds. The Bertz CT molecular complexity index is 497. The van der Waals surface area contributed by atoms with Gasteiger partial charge in [0.2, 0.25) is 0 Å². The number of anilines is 2. The second-order valence-electron chi connectivity index (χ2n) is 6.23. The first-order valence-corrected chi connectivity index (χ1v) is 7.83. The van der Waals surface area contributed by atoms with Crippen LogP contribution in [0.4, 0.5) is 11.6 Å². The minimum Gasteiger partial charge on any atom is -0.381 e. The van der Waals surface area contributed by atoms with Crippen molar-refractivity contribution in [1.29, 1.82) is 0 Å². The molecule has 1 aliphatic heterocycles. The van der Waals surface area contributed by atoms with E-state index in [-0.39, 0.29) is 0 Å². The van der Waals surface area contributed by atoms with Crippen LogP contribution in [0.25, 0.3) is 0 Å². The van der Waals surface area contributed by atoms with Gasteiger partial charge in [0.05, 0.1) is 0 Å². The third kappa shape index (κ3) is 3.27. The lowest BCUT2D eigenvalue weighted by Crippen LogP contribution is -2.31. The van der Waals surface area contributed by atoms with Crippen LogP contribution in [0, 0.1) is 12.8 Å². The Kier molecular flexibility index (Phi) is 4.26. The molecule has 2 aliphatic rings. The number of rotatable bonds is 5. The molecule has 3 N–H and O–H groups in total. The summed E-state index contributed by atoms with van der Waals surface area (Å²) >= 11 is 0. The number of hydrogen-bond acceptors (Lipinski definition) is 6. The van der Waals surface area contributed by atoms with Crippen LogP contribution in [0.1, 0.15) is 43.0 Å². The average Bonchev–Trinajstić information content (AvgIpc) is 3.33. The van der Waals surface area contributed by atoms with Crippen molar-refractivity contribution in [3.8, 4) is 0 Å². The summed E-state index contributed by atoms with van der Waals surface area (Å²) < 4.78 is 5.44. The Labute approximate surface area is 126 Å². The van der Waals surface area contributed by atoms with Crippen molar-refractivity contribution in [1.82, 2.24) is 9.97 Å². The average molecular weight is 291 g/mol. The molecule has 0 aromatic carbocycles. The second kappa shape index (κ2) is 6.15. The lowest BCUT2D eigenvalue weighted by Gasteiger charge is -2.29. The van der Waals surface area contributed by atoms with Crippen LogP contribution in [0.2, 0.25) is 0 Å². The number of nitrogen functional groups attached to an aromatic ring is 1. The zero-order valence-electron chi connectivity index (χ0n) is 12.9. The van der Waals surface area contributed by atoms with Crippen molar-refractivity contribution in [2.45, 2.75) is 38.5 Å². The van der Waals surface area contributed by atoms with E-state index in [4.69, 9.17) is 15.6 Å². The van der Waals surface area contributed by atoms with Crippen molar-refractivity contribution in [2.75, 3.05) is 37.1 Å². The van der Waals surface area contributed by atoms with Gasteiger partial charge in [-0.25, -0.2) is 15.8 Å². The SMILES string of the molecule is Cc1c(NN)nc(C2CC2)nc1N(C)CC1CCOCC1. The molecule has 0 bridgehead atoms. The molecule has 1 aromatic heterocycles. The zero-order chi connectivity index (χ0) is 14.8. The number of nitrogens with two attached hydrogens (primary N) is 1. The van der Waals surface area contributed by atoms with Gasteiger partial charge in [0.1, 0.15) is 17.5 Å². The van der Waals surface area contributed by atoms with Crippen LogP contribution in [-0.4, -0.2) is 36.8 Å². The molecule has 6 heteroatoms. The van der Waals surface area contributed by atoms with Gasteiger partial charge >= 0.3 is 0 Å². The summed E-state index contributed by atoms with van der Waals surface area (Å²) in [5.74, 6) is 9.51. The quantitative estimate of drug-likeness (QED) is 0.636. The van der Waals surface area contributed by atoms with Crippen LogP contribution in [0.3, 0.4) is 0 Å². The maximum absolute atomic E-state index is 5.62. The molecule has 6 nitrogen and oxygen atoms in total. The van der Waals surface area contributed by atoms with Crippen molar-refractivity contribution < 1.29 is 4.74 Å². The van der Waals surface area contributed by atoms with Crippen LogP contribution in [-0.2, 0) is 4.74 Å². The van der Waals surface area contributed by atoms with E-state index in [1.807, 2.05) is 6.92 Å². The van der Waals surface area contributed by atoms with E-state index >= 15 is 0 Å². The summed E-state index contributed by atoms with van der Waals surface area (Å²) in [7, 11) is 2.11. The third-order valence-corrected chi connectivity index (χ3v) is 4.45. The number of ether oxygens (including phenoxy) is 1. The van der Waals surface area contributed by atoms with Crippen molar-refractivity contribution in [2.24, 2.45) is 11.8 Å². The summed E-state index contributed by atoms with van der Waals surface area (Å²) in [5.41, 5.74) is 3.74. The summed E-state index contributed by atoms with van der Waals surface area (Å²) in [5, 5.41) is 0. The van der Waals surface area contributed by atoms with Gasteiger partial charge in [0.25, 0.3) is 0 Å². The number of hydrazine groups is 1. The summed E-state index contributed by atoms with van der Waals surface area (Å²) in [6, 6.07) is 0. The second-order valence-corrected chi connectivity index (χ2v) is 6.23. The lowest BCUT2D eigenvalue weighted by atomic mass is 10.00. The minimum atomic E-state index is 0.521. The van der Waals surface area contributed by atoms with E-state index in [1.54, 1.807) is 0 Å². The third-order valence-electron chi connectivity index (χ3n) is 4.45. The molecule has 0 radical (unpaired) electrons. The van der Waals surface area contributed by atoms with E-state index in [1.165, 1.54) is 12.8 Å². The standard InChI is InChI=1S/C15H25N5O/c1-10-13(19-16)17-14(12-3-4-12)18-15(10)20(2)9-11-5-7-21-8-6-11/h11-12H,3-9,16H2,1-2H3,(H,17,18,19). The number of aromatic nitrogens is 2. The highest BCUT2D eigenvalue weighted by Crippen LogP contribution is 2.40. The van der Waals surface area contributed by atoms with E-state index < -0.39 is 0 Å². The molecular formula is C15H25N5O. The highest BCUT2D eigenvalue weighted by Gasteiger charge is 2.29. The molecule has 0 unspecified atom stereocenters. The molecule has 3 rings (SSSR count). The molecule has 1 aromatic rings. The number of nitrogens with zero attached hydrogens (tertiary/aromatic N) is 3. The van der Waals surface area contributed by atoms with Crippen molar-refractivity contribution in [3.63, 3.8) is 0 Å². The van der Waals surface area contributed by atoms with Gasteiger partial charge in [0.15, 0.2) is 0 Å². The Morgan fingerprint density at radius 3 is 2.57 bits per heavy atom. The molecular weight excluding hydrogens is 266 g/mol. The topological polar surface area (TPSA) is 76.3 Å². The summed E-state index contributed by atoms with van der Waals surface area (Å²) in [6.45, 7) is 4.80. The molecule has 0 spiro atoms. The van der Waals surface area contributed by atoms with Gasteiger partial charge in [-0.2, -0.15) is 0 Å². The maximum atomic E-state index is 5.62. The first-order chi connectivity index (χ1) is 10.2. The predicted molar refractivity (Wildman–Crippen MR) is 83.4 cm³/mol. The van der Waals surface area contributed by atoms with Crippen LogP contribution < -0.4 is 16.2 Å². The molecule has 1 aliphatic carbocycles. The zero-order valence-corrected chi connectivity index (χ0v) is 12.9. The number of hydrogen-bond donors (Lipinski definition) is 2. The van der Waals surface area contributed by atoms with Gasteiger partial charge in [0, 0.05) is 38.3 Å². The minimum absolute atomic E-state index is 0.521. The van der Waals surface area contributed by atoms with Crippen LogP contribution >= 0.6 is 0 Å². The fourth-order valence-corrected chi connectivity index (χ4v) is 2.96. The Hall–Kier alpha value is -1.40. The van der Waals surface area contributed by atoms with Crippen molar-refractivity contribution in [3.05, 3.63) is 11.4 Å². The molecule has 0 atom stereocenters. The smallest absolute Gasteiger partial charge is 0.148 e. The largest absolute Gasteiger partial charge is 0.381 e. The fourth-order valence-electron chi connectivity index (χ4n) is 2.96. The van der Waals surface area contributed by atoms with Gasteiger partial charge in [-0.3, -0.25) is 0 Å². The molecule has 21 heavy (non-hydrogen) atoms. The van der Waals surface area contributed by atoms with Crippen LogP contribution in [0.5, 0.6) is 0 Å². The normalized spacial score (nSPS) is 19.6. The maximum Gasteiger partial charge on any atom is 0.148 e. The van der Waals surface area contributed by atoms with Crippen LogP contribution in [0.15, 0.2) is 0 Å². The Morgan fingerprint density at radius 1 is 1.24 bits per heavy atom. The highest BCUT2D eigenvalue weighted by atomic mass is 16.5. The molecule has 2 heterocycles.